The van der Waals surface area contributed by atoms with Crippen molar-refractivity contribution in [1.82, 2.24) is 67.1 Å². The summed E-state index contributed by atoms with van der Waals surface area (Å²) in [5, 5.41) is 93.2. The maximum Gasteiger partial charge on any atom is 0.317 e. The number of benzene rings is 3. The molecule has 2 aliphatic heterocycles. The normalized spacial score (nSPS) is 22.0. The molecule has 3 heterocycles. The number of fused-ring (bicyclic) bond motifs is 1. The van der Waals surface area contributed by atoms with Crippen molar-refractivity contribution in [2.24, 2.45) is 5.73 Å². The van der Waals surface area contributed by atoms with Gasteiger partial charge >= 0.3 is 17.9 Å². The molecule has 10 atom stereocenters. The third-order valence-corrected chi connectivity index (χ3v) is 19.0. The van der Waals surface area contributed by atoms with Crippen molar-refractivity contribution in [2.75, 3.05) is 103 Å². The fraction of sp³-hybridized carbons (Fsp3) is 0.523. The Morgan fingerprint density at radius 3 is 1.68 bits per heavy atom. The number of aliphatic hydroxyl groups excluding tert-OH is 3. The minimum Gasteiger partial charge on any atom is -0.508 e. The van der Waals surface area contributed by atoms with Crippen LogP contribution in [0.15, 0.2) is 85.1 Å². The van der Waals surface area contributed by atoms with Crippen molar-refractivity contribution in [3.05, 3.63) is 102 Å². The lowest BCUT2D eigenvalue weighted by Gasteiger charge is -2.33. The van der Waals surface area contributed by atoms with Crippen molar-refractivity contribution in [3.8, 4) is 5.75 Å². The maximum atomic E-state index is 15.3. The summed E-state index contributed by atoms with van der Waals surface area (Å²) in [6.07, 6.45) is -1.31. The number of carboxylic acids is 3. The van der Waals surface area contributed by atoms with Gasteiger partial charge in [0.05, 0.1) is 51.0 Å². The number of nitrogens with two attached hydrogens (primary N) is 1. The van der Waals surface area contributed by atoms with Crippen molar-refractivity contribution >= 4 is 97.7 Å². The first-order valence-electron chi connectivity index (χ1n) is 32.5. The molecule has 3 aromatic carbocycles. The summed E-state index contributed by atoms with van der Waals surface area (Å²) in [5.41, 5.74) is 8.05. The standard InChI is InChI=1S/C65H92N14O18S2/c1-39(81)51(36-80)72-64(96)53-38-99-98-37-52(73-60(92)48(28-41-10-4-3-5-11-41)68-54(84)32-76-20-22-77(33-55(85)86)24-26-79(35-57(89)90)27-25-78(23-21-76)34-56(87)88)63(95)70-49(29-42-15-17-44(83)18-16-42)61(93)71-50(30-43-31-67-46-13-7-6-12-45(43)46)62(94)69-47(14-8-9-19-66)59(91)75-58(40(2)82)65(97)74-53/h3-7,10-13,15-18,31,39-40,47-53,58,67,80-83H,8-9,14,19-30,32-38,66H2,1-2H3,(H,68,84)(H,69,94)(H,70,95)(H,71,93)(H,72,96)(H,73,92)(H,74,97)(H,75,91)(H,85,86)(H,87,88)(H,89,90)/t39?,40-,47-,48+,49-,50+,51+,52-,53-,58-/m0/s1. The molecule has 4 aromatic rings. The van der Waals surface area contributed by atoms with Crippen LogP contribution in [0, 0.1) is 0 Å². The first-order valence-corrected chi connectivity index (χ1v) is 35.0. The zero-order valence-corrected chi connectivity index (χ0v) is 56.8. The first kappa shape index (κ1) is 79.5. The number of aliphatic carboxylic acids is 3. The number of unbranched alkanes of at least 4 members (excludes halogenated alkanes) is 1. The number of rotatable bonds is 26. The van der Waals surface area contributed by atoms with E-state index in [1.165, 1.54) is 38.1 Å². The van der Waals surface area contributed by atoms with E-state index in [2.05, 4.69) is 47.5 Å². The zero-order valence-electron chi connectivity index (χ0n) is 55.2. The smallest absolute Gasteiger partial charge is 0.317 e. The van der Waals surface area contributed by atoms with Crippen LogP contribution in [0.25, 0.3) is 10.9 Å². The number of carbonyl (C=O) groups excluding carboxylic acids is 8. The third-order valence-electron chi connectivity index (χ3n) is 16.6. The predicted molar refractivity (Wildman–Crippen MR) is 366 cm³/mol. The number of carbonyl (C=O) groups is 11. The van der Waals surface area contributed by atoms with E-state index in [9.17, 15) is 74.1 Å². The molecule has 2 aliphatic rings. The fourth-order valence-electron chi connectivity index (χ4n) is 11.1. The Hall–Kier alpha value is -8.45. The lowest BCUT2D eigenvalue weighted by Crippen LogP contribution is -2.62. The van der Waals surface area contributed by atoms with E-state index < -0.39 is 152 Å². The zero-order chi connectivity index (χ0) is 72.1. The Kier molecular flexibility index (Phi) is 32.6. The molecule has 2 saturated heterocycles. The summed E-state index contributed by atoms with van der Waals surface area (Å²) in [6.45, 7) is 1.08. The molecule has 0 aliphatic carbocycles. The van der Waals surface area contributed by atoms with Crippen LogP contribution < -0.4 is 48.3 Å². The van der Waals surface area contributed by atoms with Gasteiger partial charge in [0.2, 0.25) is 47.3 Å². The molecule has 8 amide bonds. The molecule has 32 nitrogen and oxygen atoms in total. The van der Waals surface area contributed by atoms with Crippen LogP contribution in [0.3, 0.4) is 0 Å². The third kappa shape index (κ3) is 27.0. The van der Waals surface area contributed by atoms with Gasteiger partial charge in [0, 0.05) is 100 Å². The van der Waals surface area contributed by atoms with Crippen LogP contribution in [-0.4, -0.2) is 289 Å². The van der Waals surface area contributed by atoms with Crippen LogP contribution in [0.4, 0.5) is 0 Å². The van der Waals surface area contributed by atoms with Crippen LogP contribution in [0.1, 0.15) is 49.8 Å². The summed E-state index contributed by atoms with van der Waals surface area (Å²) in [5.74, 6) is -11.6. The number of hydrogen-bond acceptors (Lipinski definition) is 22. The van der Waals surface area contributed by atoms with Gasteiger partial charge in [0.25, 0.3) is 0 Å². The van der Waals surface area contributed by atoms with Gasteiger partial charge in [-0.15, -0.1) is 0 Å². The van der Waals surface area contributed by atoms with E-state index in [1.807, 2.05) is 0 Å². The Balaban J connectivity index is 1.40. The molecule has 1 aromatic heterocycles. The second-order valence-electron chi connectivity index (χ2n) is 24.5. The second-order valence-corrected chi connectivity index (χ2v) is 27.0. The van der Waals surface area contributed by atoms with Crippen LogP contribution in [0.5, 0.6) is 5.75 Å². The van der Waals surface area contributed by atoms with Crippen molar-refractivity contribution in [1.29, 1.82) is 0 Å². The second kappa shape index (κ2) is 40.6. The molecule has 0 spiro atoms. The fourth-order valence-corrected chi connectivity index (χ4v) is 13.4. The number of hydrogen-bond donors (Lipinski definition) is 17. The summed E-state index contributed by atoms with van der Waals surface area (Å²) in [4.78, 5) is 163. The molecule has 18 N–H and O–H groups in total. The number of aliphatic hydroxyl groups is 3. The molecule has 99 heavy (non-hydrogen) atoms. The largest absolute Gasteiger partial charge is 0.508 e. The van der Waals surface area contributed by atoms with Gasteiger partial charge in [0.15, 0.2) is 0 Å². The molecule has 2 fully saturated rings. The maximum absolute atomic E-state index is 15.3. The number of amides is 8. The number of aromatic amines is 1. The van der Waals surface area contributed by atoms with Gasteiger partial charge in [-0.1, -0.05) is 82.3 Å². The highest BCUT2D eigenvalue weighted by molar-refractivity contribution is 8.76. The van der Waals surface area contributed by atoms with Crippen LogP contribution in [0.2, 0.25) is 0 Å². The van der Waals surface area contributed by atoms with Gasteiger partial charge in [-0.25, -0.2) is 0 Å². The number of phenols is 1. The number of aromatic nitrogens is 1. The van der Waals surface area contributed by atoms with Gasteiger partial charge in [-0.2, -0.15) is 0 Å². The van der Waals surface area contributed by atoms with Gasteiger partial charge < -0.3 is 89.0 Å². The van der Waals surface area contributed by atoms with Gasteiger partial charge in [0.1, 0.15) is 48.0 Å². The van der Waals surface area contributed by atoms with Crippen molar-refractivity contribution in [2.45, 2.75) is 113 Å². The highest BCUT2D eigenvalue weighted by Gasteiger charge is 2.37. The highest BCUT2D eigenvalue weighted by Crippen LogP contribution is 2.25. The van der Waals surface area contributed by atoms with E-state index in [0.717, 1.165) is 21.6 Å². The van der Waals surface area contributed by atoms with Crippen molar-refractivity contribution in [3.63, 3.8) is 0 Å². The summed E-state index contributed by atoms with van der Waals surface area (Å²) in [7, 11) is 1.81. The first-order chi connectivity index (χ1) is 47.3. The number of nitrogens with zero attached hydrogens (tertiary/aromatic N) is 4. The summed E-state index contributed by atoms with van der Waals surface area (Å²) in [6, 6.07) is 9.21. The lowest BCUT2D eigenvalue weighted by atomic mass is 10.0. The van der Waals surface area contributed by atoms with Crippen molar-refractivity contribution < 1.29 is 88.5 Å². The number of aromatic hydroxyl groups is 1. The molecule has 542 valence electrons. The molecular weight excluding hydrogens is 1330 g/mol. The van der Waals surface area contributed by atoms with Gasteiger partial charge in [-0.3, -0.25) is 72.3 Å². The Morgan fingerprint density at radius 1 is 0.596 bits per heavy atom. The monoisotopic (exact) mass is 1420 g/mol. The van der Waals surface area contributed by atoms with E-state index in [1.54, 1.807) is 80.4 Å². The Bertz CT molecular complexity index is 3320. The summed E-state index contributed by atoms with van der Waals surface area (Å²) < 4.78 is 0. The molecule has 1 unspecified atom stereocenters. The molecule has 0 saturated carbocycles. The van der Waals surface area contributed by atoms with E-state index >= 15 is 14.4 Å². The number of nitrogens with one attached hydrogen (secondary N) is 9. The average Bonchev–Trinajstić information content (AvgIpc) is 1.76. The van der Waals surface area contributed by atoms with E-state index in [4.69, 9.17) is 5.73 Å². The highest BCUT2D eigenvalue weighted by atomic mass is 33.1. The SMILES string of the molecule is CC(O)[C@@H](CO)NC(=O)[C@@H]1CSSC[C@H](NC(=O)[C@@H](Cc2ccccc2)NC(=O)CN2CCN(CC(=O)O)CCN(CC(=O)O)CCN(CC(=O)O)CC2)C(=O)N[C@@H](Cc2ccc(O)cc2)C(=O)N[C@H](Cc2c[nH]c3ccccc23)C(=O)N[C@@H](CCCCN)C(=O)N[C@@H]([C@H](C)O)C(=O)N1. The number of carboxylic acid groups (broad SMARTS) is 3. The molecule has 0 radical (unpaired) electrons. The van der Waals surface area contributed by atoms with Crippen LogP contribution in [-0.2, 0) is 72.0 Å². The van der Waals surface area contributed by atoms with E-state index in [0.29, 0.717) is 34.0 Å². The molecule has 6 rings (SSSR count). The number of para-hydroxylation sites is 1. The molecule has 0 bridgehead atoms. The topological polar surface area (TPSA) is 480 Å². The molecular formula is C65H92N14O18S2. The van der Waals surface area contributed by atoms with Crippen LogP contribution >= 0.6 is 21.6 Å². The lowest BCUT2D eigenvalue weighted by molar-refractivity contribution is -0.140. The molecule has 34 heteroatoms. The minimum atomic E-state index is -1.77. The average molecular weight is 1420 g/mol. The Labute approximate surface area is 580 Å². The quantitative estimate of drug-likeness (QED) is 0.0215. The predicted octanol–water partition coefficient (Wildman–Crippen LogP) is -3.47. The van der Waals surface area contributed by atoms with E-state index in [-0.39, 0.29) is 115 Å². The minimum absolute atomic E-state index is 0.0540. The number of phenolic OH excluding ortho intramolecular Hbond substituents is 1. The Morgan fingerprint density at radius 2 is 1.12 bits per heavy atom. The van der Waals surface area contributed by atoms with Gasteiger partial charge in [-0.05, 0) is 74.5 Å². The number of H-pyrrole nitrogens is 1. The summed E-state index contributed by atoms with van der Waals surface area (Å²) >= 11 is 0.